The Labute approximate surface area is 122 Å². The van der Waals surface area contributed by atoms with Crippen LogP contribution in [0.15, 0.2) is 42.6 Å². The van der Waals surface area contributed by atoms with E-state index in [2.05, 4.69) is 26.9 Å². The first-order chi connectivity index (χ1) is 10.2. The number of nitrogens with zero attached hydrogens (tertiary/aromatic N) is 3. The lowest BCUT2D eigenvalue weighted by Crippen LogP contribution is -2.46. The summed E-state index contributed by atoms with van der Waals surface area (Å²) in [5.41, 5.74) is 1.52. The number of anilines is 1. The molecule has 0 unspecified atom stereocenters. The molecule has 2 heterocycles. The van der Waals surface area contributed by atoms with Gasteiger partial charge in [0.05, 0.1) is 11.9 Å². The highest BCUT2D eigenvalue weighted by Crippen LogP contribution is 2.17. The lowest BCUT2D eigenvalue weighted by molar-refractivity contribution is 0.243. The quantitative estimate of drug-likeness (QED) is 0.866. The number of hydrogen-bond acceptors (Lipinski definition) is 3. The van der Waals surface area contributed by atoms with Gasteiger partial charge in [-0.15, -0.1) is 0 Å². The van der Waals surface area contributed by atoms with Crippen LogP contribution in [0, 0.1) is 11.6 Å². The molecule has 0 aliphatic carbocycles. The van der Waals surface area contributed by atoms with E-state index in [1.165, 1.54) is 5.69 Å². The standard InChI is InChI=1S/C16H17F2N3/c17-13-10-15(18)16(19-11-13)12-20-6-8-21(9-7-20)14-4-2-1-3-5-14/h1-5,10-11H,6-9,12H2. The highest BCUT2D eigenvalue weighted by atomic mass is 19.1. The first kappa shape index (κ1) is 13.9. The van der Waals surface area contributed by atoms with E-state index in [9.17, 15) is 8.78 Å². The van der Waals surface area contributed by atoms with Gasteiger partial charge in [0.1, 0.15) is 11.6 Å². The van der Waals surface area contributed by atoms with Crippen LogP contribution in [0.3, 0.4) is 0 Å². The summed E-state index contributed by atoms with van der Waals surface area (Å²) in [5.74, 6) is -1.20. The molecule has 5 heteroatoms. The molecule has 0 atom stereocenters. The van der Waals surface area contributed by atoms with Gasteiger partial charge < -0.3 is 4.90 Å². The van der Waals surface area contributed by atoms with Crippen LogP contribution in [-0.2, 0) is 6.54 Å². The summed E-state index contributed by atoms with van der Waals surface area (Å²) < 4.78 is 26.4. The van der Waals surface area contributed by atoms with Crippen LogP contribution < -0.4 is 4.90 Å². The number of halogens is 2. The van der Waals surface area contributed by atoms with E-state index in [-0.39, 0.29) is 0 Å². The highest BCUT2D eigenvalue weighted by Gasteiger charge is 2.18. The third-order valence-electron chi connectivity index (χ3n) is 3.75. The molecule has 0 N–H and O–H groups in total. The van der Waals surface area contributed by atoms with Crippen molar-refractivity contribution in [1.82, 2.24) is 9.88 Å². The second-order valence-corrected chi connectivity index (χ2v) is 5.18. The molecule has 0 radical (unpaired) electrons. The average Bonchev–Trinajstić information content (AvgIpc) is 2.52. The molecule has 1 aromatic heterocycles. The normalized spacial score (nSPS) is 16.2. The number of pyridine rings is 1. The summed E-state index contributed by atoms with van der Waals surface area (Å²) in [5, 5.41) is 0. The SMILES string of the molecule is Fc1cnc(CN2CCN(c3ccccc3)CC2)c(F)c1. The van der Waals surface area contributed by atoms with Gasteiger partial charge >= 0.3 is 0 Å². The molecule has 2 aromatic rings. The van der Waals surface area contributed by atoms with Gasteiger partial charge in [-0.25, -0.2) is 8.78 Å². The van der Waals surface area contributed by atoms with Gasteiger partial charge in [0.15, 0.2) is 0 Å². The van der Waals surface area contributed by atoms with Crippen molar-refractivity contribution in [3.8, 4) is 0 Å². The highest BCUT2D eigenvalue weighted by molar-refractivity contribution is 5.46. The average molecular weight is 289 g/mol. The van der Waals surface area contributed by atoms with E-state index in [4.69, 9.17) is 0 Å². The molecule has 3 rings (SSSR count). The fourth-order valence-corrected chi connectivity index (χ4v) is 2.57. The molecule has 1 aliphatic heterocycles. The lowest BCUT2D eigenvalue weighted by Gasteiger charge is -2.35. The van der Waals surface area contributed by atoms with E-state index in [0.717, 1.165) is 38.4 Å². The fourth-order valence-electron chi connectivity index (χ4n) is 2.57. The number of piperazine rings is 1. The fraction of sp³-hybridized carbons (Fsp3) is 0.312. The van der Waals surface area contributed by atoms with Crippen molar-refractivity contribution in [2.24, 2.45) is 0 Å². The first-order valence-corrected chi connectivity index (χ1v) is 7.04. The van der Waals surface area contributed by atoms with E-state index in [1.54, 1.807) is 0 Å². The Bertz CT molecular complexity index is 596. The molecule has 1 aromatic carbocycles. The predicted molar refractivity (Wildman–Crippen MR) is 78.1 cm³/mol. The summed E-state index contributed by atoms with van der Waals surface area (Å²) in [6.45, 7) is 3.90. The zero-order valence-electron chi connectivity index (χ0n) is 11.7. The number of hydrogen-bond donors (Lipinski definition) is 0. The monoisotopic (exact) mass is 289 g/mol. The second kappa shape index (κ2) is 6.18. The Morgan fingerprint density at radius 3 is 2.38 bits per heavy atom. The Balaban J connectivity index is 1.59. The molecule has 1 aliphatic rings. The summed E-state index contributed by atoms with van der Waals surface area (Å²) in [7, 11) is 0. The molecule has 21 heavy (non-hydrogen) atoms. The minimum absolute atomic E-state index is 0.310. The van der Waals surface area contributed by atoms with Gasteiger partial charge in [0.25, 0.3) is 0 Å². The van der Waals surface area contributed by atoms with E-state index < -0.39 is 11.6 Å². The van der Waals surface area contributed by atoms with Crippen LogP contribution >= 0.6 is 0 Å². The van der Waals surface area contributed by atoms with Crippen molar-refractivity contribution >= 4 is 5.69 Å². The van der Waals surface area contributed by atoms with Gasteiger partial charge in [-0.05, 0) is 12.1 Å². The Hall–Kier alpha value is -2.01. The van der Waals surface area contributed by atoms with Crippen molar-refractivity contribution < 1.29 is 8.78 Å². The zero-order valence-corrected chi connectivity index (χ0v) is 11.7. The third kappa shape index (κ3) is 3.36. The Kier molecular flexibility index (Phi) is 4.10. The Morgan fingerprint density at radius 1 is 1.00 bits per heavy atom. The van der Waals surface area contributed by atoms with Gasteiger partial charge in [-0.2, -0.15) is 0 Å². The number of benzene rings is 1. The van der Waals surface area contributed by atoms with Crippen molar-refractivity contribution in [3.63, 3.8) is 0 Å². The van der Waals surface area contributed by atoms with Gasteiger partial charge in [-0.1, -0.05) is 18.2 Å². The summed E-state index contributed by atoms with van der Waals surface area (Å²) >= 11 is 0. The van der Waals surface area contributed by atoms with Crippen LogP contribution in [-0.4, -0.2) is 36.1 Å². The maximum absolute atomic E-state index is 13.6. The minimum atomic E-state index is -0.634. The van der Waals surface area contributed by atoms with Gasteiger partial charge in [0.2, 0.25) is 0 Å². The summed E-state index contributed by atoms with van der Waals surface area (Å²) in [6, 6.07) is 11.1. The van der Waals surface area contributed by atoms with Crippen molar-refractivity contribution in [3.05, 3.63) is 59.9 Å². The molecular formula is C16H17F2N3. The van der Waals surface area contributed by atoms with Crippen LogP contribution in [0.25, 0.3) is 0 Å². The molecule has 0 saturated carbocycles. The van der Waals surface area contributed by atoms with Gasteiger partial charge in [-0.3, -0.25) is 9.88 Å². The lowest BCUT2D eigenvalue weighted by atomic mass is 10.2. The number of rotatable bonds is 3. The first-order valence-electron chi connectivity index (χ1n) is 7.04. The van der Waals surface area contributed by atoms with Crippen molar-refractivity contribution in [2.75, 3.05) is 31.1 Å². The minimum Gasteiger partial charge on any atom is -0.369 e. The van der Waals surface area contributed by atoms with E-state index in [0.29, 0.717) is 12.2 Å². The van der Waals surface area contributed by atoms with E-state index >= 15 is 0 Å². The molecule has 0 bridgehead atoms. The topological polar surface area (TPSA) is 19.4 Å². The number of aromatic nitrogens is 1. The maximum atomic E-state index is 13.6. The predicted octanol–water partition coefficient (Wildman–Crippen LogP) is 2.68. The Morgan fingerprint density at radius 2 is 1.71 bits per heavy atom. The van der Waals surface area contributed by atoms with Crippen LogP contribution in [0.4, 0.5) is 14.5 Å². The van der Waals surface area contributed by atoms with Gasteiger partial charge in [0, 0.05) is 44.5 Å². The maximum Gasteiger partial charge on any atom is 0.148 e. The van der Waals surface area contributed by atoms with Crippen molar-refractivity contribution in [1.29, 1.82) is 0 Å². The molecule has 3 nitrogen and oxygen atoms in total. The molecule has 1 saturated heterocycles. The smallest absolute Gasteiger partial charge is 0.148 e. The summed E-state index contributed by atoms with van der Waals surface area (Å²) in [6.07, 6.45) is 1.07. The third-order valence-corrected chi connectivity index (χ3v) is 3.75. The second-order valence-electron chi connectivity index (χ2n) is 5.18. The molecule has 0 spiro atoms. The van der Waals surface area contributed by atoms with E-state index in [1.807, 2.05) is 18.2 Å². The zero-order chi connectivity index (χ0) is 14.7. The largest absolute Gasteiger partial charge is 0.369 e. The molecule has 110 valence electrons. The van der Waals surface area contributed by atoms with Crippen LogP contribution in [0.2, 0.25) is 0 Å². The number of para-hydroxylation sites is 1. The van der Waals surface area contributed by atoms with Crippen LogP contribution in [0.5, 0.6) is 0 Å². The van der Waals surface area contributed by atoms with Crippen molar-refractivity contribution in [2.45, 2.75) is 6.54 Å². The molecule has 0 amide bonds. The molecular weight excluding hydrogens is 272 g/mol. The van der Waals surface area contributed by atoms with Crippen LogP contribution in [0.1, 0.15) is 5.69 Å². The summed E-state index contributed by atoms with van der Waals surface area (Å²) in [4.78, 5) is 8.30. The molecule has 1 fully saturated rings.